The Morgan fingerprint density at radius 2 is 2.05 bits per heavy atom. The number of anilines is 1. The lowest BCUT2D eigenvalue weighted by Gasteiger charge is -2.13. The predicted molar refractivity (Wildman–Crippen MR) is 82.6 cm³/mol. The number of nitrogens with one attached hydrogen (secondary N) is 1. The van der Waals surface area contributed by atoms with Gasteiger partial charge in [0.2, 0.25) is 0 Å². The van der Waals surface area contributed by atoms with Crippen LogP contribution in [0.25, 0.3) is 0 Å². The molecule has 0 aliphatic carbocycles. The summed E-state index contributed by atoms with van der Waals surface area (Å²) in [4.78, 5) is 12.2. The maximum atomic E-state index is 13.8. The van der Waals surface area contributed by atoms with Gasteiger partial charge < -0.3 is 5.32 Å². The number of carbonyl (C=O) groups is 1. The first-order valence-corrected chi connectivity index (χ1v) is 7.17. The fraction of sp³-hybridized carbons (Fsp3) is 0.188. The van der Waals surface area contributed by atoms with Crippen molar-refractivity contribution in [3.8, 4) is 0 Å². The van der Waals surface area contributed by atoms with Gasteiger partial charge in [0.15, 0.2) is 0 Å². The SMILES string of the molecule is CCc1cccc(C)c1NC(=O)c1ccc(Br)cc1F. The molecule has 0 atom stereocenters. The molecule has 0 unspecified atom stereocenters. The molecule has 0 saturated carbocycles. The van der Waals surface area contributed by atoms with Gasteiger partial charge in [0.1, 0.15) is 5.82 Å². The van der Waals surface area contributed by atoms with Crippen molar-refractivity contribution in [1.29, 1.82) is 0 Å². The van der Waals surface area contributed by atoms with E-state index in [0.29, 0.717) is 4.47 Å². The van der Waals surface area contributed by atoms with Crippen molar-refractivity contribution in [3.63, 3.8) is 0 Å². The van der Waals surface area contributed by atoms with Crippen LogP contribution in [0.2, 0.25) is 0 Å². The molecular weight excluding hydrogens is 321 g/mol. The molecule has 0 bridgehead atoms. The van der Waals surface area contributed by atoms with Crippen molar-refractivity contribution >= 4 is 27.5 Å². The van der Waals surface area contributed by atoms with Gasteiger partial charge >= 0.3 is 0 Å². The molecule has 0 heterocycles. The number of rotatable bonds is 3. The Balaban J connectivity index is 2.33. The van der Waals surface area contributed by atoms with Crippen molar-refractivity contribution in [3.05, 3.63) is 63.4 Å². The lowest BCUT2D eigenvalue weighted by molar-refractivity contribution is 0.102. The van der Waals surface area contributed by atoms with E-state index in [1.807, 2.05) is 32.0 Å². The third kappa shape index (κ3) is 3.07. The summed E-state index contributed by atoms with van der Waals surface area (Å²) in [7, 11) is 0. The maximum Gasteiger partial charge on any atom is 0.258 e. The Morgan fingerprint density at radius 1 is 1.30 bits per heavy atom. The van der Waals surface area contributed by atoms with Crippen LogP contribution in [0.1, 0.15) is 28.4 Å². The van der Waals surface area contributed by atoms with Crippen LogP contribution >= 0.6 is 15.9 Å². The molecule has 2 nitrogen and oxygen atoms in total. The lowest BCUT2D eigenvalue weighted by atomic mass is 10.1. The van der Waals surface area contributed by atoms with Crippen molar-refractivity contribution in [2.24, 2.45) is 0 Å². The summed E-state index contributed by atoms with van der Waals surface area (Å²) < 4.78 is 14.4. The van der Waals surface area contributed by atoms with Crippen LogP contribution in [0.5, 0.6) is 0 Å². The summed E-state index contributed by atoms with van der Waals surface area (Å²) in [6.07, 6.45) is 0.806. The van der Waals surface area contributed by atoms with E-state index >= 15 is 0 Å². The van der Waals surface area contributed by atoms with E-state index in [9.17, 15) is 9.18 Å². The molecule has 0 radical (unpaired) electrons. The Bertz CT molecular complexity index is 655. The zero-order valence-electron chi connectivity index (χ0n) is 11.3. The van der Waals surface area contributed by atoms with Crippen molar-refractivity contribution in [2.75, 3.05) is 5.32 Å². The Kier molecular flexibility index (Phi) is 4.55. The minimum absolute atomic E-state index is 0.0403. The highest BCUT2D eigenvalue weighted by molar-refractivity contribution is 9.10. The third-order valence-corrected chi connectivity index (χ3v) is 3.65. The monoisotopic (exact) mass is 335 g/mol. The fourth-order valence-electron chi connectivity index (χ4n) is 2.06. The van der Waals surface area contributed by atoms with Crippen LogP contribution in [0.4, 0.5) is 10.1 Å². The summed E-state index contributed by atoms with van der Waals surface area (Å²) >= 11 is 3.17. The Hall–Kier alpha value is -1.68. The van der Waals surface area contributed by atoms with Crippen LogP contribution in [0.15, 0.2) is 40.9 Å². The highest BCUT2D eigenvalue weighted by Crippen LogP contribution is 2.23. The van der Waals surface area contributed by atoms with E-state index in [0.717, 1.165) is 23.2 Å². The zero-order valence-corrected chi connectivity index (χ0v) is 12.9. The van der Waals surface area contributed by atoms with Gasteiger partial charge in [-0.25, -0.2) is 4.39 Å². The van der Waals surface area contributed by atoms with Gasteiger partial charge in [-0.1, -0.05) is 41.1 Å². The minimum Gasteiger partial charge on any atom is -0.321 e. The zero-order chi connectivity index (χ0) is 14.7. The van der Waals surface area contributed by atoms with E-state index in [1.165, 1.54) is 12.1 Å². The summed E-state index contributed by atoms with van der Waals surface area (Å²) in [5.41, 5.74) is 2.81. The number of para-hydroxylation sites is 1. The van der Waals surface area contributed by atoms with Gasteiger partial charge in [0.25, 0.3) is 5.91 Å². The summed E-state index contributed by atoms with van der Waals surface area (Å²) in [5.74, 6) is -0.970. The molecule has 20 heavy (non-hydrogen) atoms. The number of hydrogen-bond donors (Lipinski definition) is 1. The second-order valence-corrected chi connectivity index (χ2v) is 5.46. The normalized spacial score (nSPS) is 10.4. The smallest absolute Gasteiger partial charge is 0.258 e. The van der Waals surface area contributed by atoms with Gasteiger partial charge in [-0.15, -0.1) is 0 Å². The van der Waals surface area contributed by atoms with Crippen LogP contribution in [0, 0.1) is 12.7 Å². The molecule has 0 aliphatic rings. The van der Waals surface area contributed by atoms with E-state index < -0.39 is 11.7 Å². The maximum absolute atomic E-state index is 13.8. The Labute approximate surface area is 126 Å². The molecule has 2 aromatic carbocycles. The largest absolute Gasteiger partial charge is 0.321 e. The van der Waals surface area contributed by atoms with E-state index in [1.54, 1.807) is 6.07 Å². The first-order chi connectivity index (χ1) is 9.52. The summed E-state index contributed by atoms with van der Waals surface area (Å²) in [6.45, 7) is 3.94. The van der Waals surface area contributed by atoms with Crippen LogP contribution in [-0.4, -0.2) is 5.91 Å². The quantitative estimate of drug-likeness (QED) is 0.864. The molecule has 1 amide bonds. The average Bonchev–Trinajstić information content (AvgIpc) is 2.40. The number of amides is 1. The molecular formula is C16H15BrFNO. The van der Waals surface area contributed by atoms with Crippen molar-refractivity contribution in [2.45, 2.75) is 20.3 Å². The number of halogens is 2. The van der Waals surface area contributed by atoms with E-state index in [-0.39, 0.29) is 5.56 Å². The van der Waals surface area contributed by atoms with Crippen LogP contribution < -0.4 is 5.32 Å². The molecule has 2 aromatic rings. The van der Waals surface area contributed by atoms with Gasteiger partial charge in [0.05, 0.1) is 5.56 Å². The summed E-state index contributed by atoms with van der Waals surface area (Å²) in [5, 5.41) is 2.81. The van der Waals surface area contributed by atoms with Crippen molar-refractivity contribution < 1.29 is 9.18 Å². The first-order valence-electron chi connectivity index (χ1n) is 6.37. The molecule has 4 heteroatoms. The van der Waals surface area contributed by atoms with Gasteiger partial charge in [-0.2, -0.15) is 0 Å². The minimum atomic E-state index is -0.538. The number of hydrogen-bond acceptors (Lipinski definition) is 1. The molecule has 0 fully saturated rings. The second kappa shape index (κ2) is 6.18. The van der Waals surface area contributed by atoms with E-state index in [4.69, 9.17) is 0 Å². The third-order valence-electron chi connectivity index (χ3n) is 3.15. The number of carbonyl (C=O) groups excluding carboxylic acids is 1. The van der Waals surface area contributed by atoms with Gasteiger partial charge in [-0.3, -0.25) is 4.79 Å². The van der Waals surface area contributed by atoms with E-state index in [2.05, 4.69) is 21.2 Å². The van der Waals surface area contributed by atoms with Crippen molar-refractivity contribution in [1.82, 2.24) is 0 Å². The highest BCUT2D eigenvalue weighted by atomic mass is 79.9. The molecule has 104 valence electrons. The average molecular weight is 336 g/mol. The molecule has 1 N–H and O–H groups in total. The van der Waals surface area contributed by atoms with Crippen LogP contribution in [-0.2, 0) is 6.42 Å². The molecule has 0 aromatic heterocycles. The molecule has 0 spiro atoms. The Morgan fingerprint density at radius 3 is 2.70 bits per heavy atom. The standard InChI is InChI=1S/C16H15BrFNO/c1-3-11-6-4-5-10(2)15(11)19-16(20)13-8-7-12(17)9-14(13)18/h4-9H,3H2,1-2H3,(H,19,20). The topological polar surface area (TPSA) is 29.1 Å². The fourth-order valence-corrected chi connectivity index (χ4v) is 2.39. The molecule has 0 saturated heterocycles. The predicted octanol–water partition coefficient (Wildman–Crippen LogP) is 4.71. The lowest BCUT2D eigenvalue weighted by Crippen LogP contribution is -2.15. The number of benzene rings is 2. The highest BCUT2D eigenvalue weighted by Gasteiger charge is 2.14. The number of aryl methyl sites for hydroxylation is 2. The van der Waals surface area contributed by atoms with Gasteiger partial charge in [-0.05, 0) is 42.7 Å². The van der Waals surface area contributed by atoms with Gasteiger partial charge in [0, 0.05) is 10.2 Å². The van der Waals surface area contributed by atoms with Crippen LogP contribution in [0.3, 0.4) is 0 Å². The molecule has 2 rings (SSSR count). The molecule has 0 aliphatic heterocycles. The summed E-state index contributed by atoms with van der Waals surface area (Å²) in [6, 6.07) is 10.2. The second-order valence-electron chi connectivity index (χ2n) is 4.54. The first kappa shape index (κ1) is 14.7.